The Morgan fingerprint density at radius 1 is 0.939 bits per heavy atom. The minimum Gasteiger partial charge on any atom is -0.362 e. The number of hydrogen-bond donors (Lipinski definition) is 1. The molecule has 0 bridgehead atoms. The van der Waals surface area contributed by atoms with E-state index < -0.39 is 22.8 Å². The molecule has 0 spiro atoms. The van der Waals surface area contributed by atoms with Gasteiger partial charge in [-0.2, -0.15) is 9.78 Å². The van der Waals surface area contributed by atoms with Crippen molar-refractivity contribution in [2.45, 2.75) is 59.3 Å². The molecule has 180 valence electrons. The fourth-order valence-corrected chi connectivity index (χ4v) is 3.43. The van der Waals surface area contributed by atoms with E-state index >= 15 is 0 Å². The van der Waals surface area contributed by atoms with Gasteiger partial charge in [-0.05, 0) is 26.7 Å². The number of nitrogens with zero attached hydrogens (tertiary/aromatic N) is 1. The molecule has 0 fully saturated rings. The summed E-state index contributed by atoms with van der Waals surface area (Å²) < 4.78 is 0. The standard InChI is InChI=1S/C23H30N2O8/c1-5-7-13-30-32-22(26)19-15(3)24-16(4)20(23(27)33-31-14-8-6-2)21(19)17-11-9-10-12-18(17)25(28)29/h9-12,21,24H,5-8,13-14H2,1-4H3. The second kappa shape index (κ2) is 12.7. The molecule has 10 nitrogen and oxygen atoms in total. The number of dihydropyridines is 1. The van der Waals surface area contributed by atoms with E-state index in [-0.39, 0.29) is 35.6 Å². The maximum Gasteiger partial charge on any atom is 0.371 e. The monoisotopic (exact) mass is 462 g/mol. The van der Waals surface area contributed by atoms with E-state index in [1.807, 2.05) is 13.8 Å². The third-order valence-electron chi connectivity index (χ3n) is 5.08. The first-order chi connectivity index (χ1) is 15.8. The van der Waals surface area contributed by atoms with E-state index in [2.05, 4.69) is 5.32 Å². The highest BCUT2D eigenvalue weighted by atomic mass is 17.2. The summed E-state index contributed by atoms with van der Waals surface area (Å²) in [5.74, 6) is -2.84. The van der Waals surface area contributed by atoms with Crippen LogP contribution in [0.5, 0.6) is 0 Å². The van der Waals surface area contributed by atoms with Crippen LogP contribution in [0.1, 0.15) is 64.9 Å². The molecule has 0 atom stereocenters. The Kier molecular flexibility index (Phi) is 10.0. The topological polar surface area (TPSA) is 126 Å². The number of para-hydroxylation sites is 1. The molecule has 33 heavy (non-hydrogen) atoms. The van der Waals surface area contributed by atoms with E-state index in [1.165, 1.54) is 18.2 Å². The van der Waals surface area contributed by atoms with Crippen LogP contribution in [0.2, 0.25) is 0 Å². The lowest BCUT2D eigenvalue weighted by atomic mass is 9.80. The SMILES string of the molecule is CCCCOOC(=O)C1=C(C)NC(C)=C(C(=O)OOCCCC)C1c1ccccc1[N+](=O)[O-]. The summed E-state index contributed by atoms with van der Waals surface area (Å²) in [6.07, 6.45) is 3.05. The summed E-state index contributed by atoms with van der Waals surface area (Å²) in [4.78, 5) is 57.1. The summed E-state index contributed by atoms with van der Waals surface area (Å²) in [5.41, 5.74) is 0.660. The van der Waals surface area contributed by atoms with Crippen LogP contribution in [0, 0.1) is 10.1 Å². The van der Waals surface area contributed by atoms with Crippen LogP contribution in [0.3, 0.4) is 0 Å². The molecule has 1 aromatic carbocycles. The van der Waals surface area contributed by atoms with Gasteiger partial charge in [0.25, 0.3) is 5.69 Å². The second-order valence-electron chi connectivity index (χ2n) is 7.54. The van der Waals surface area contributed by atoms with Crippen LogP contribution in [0.15, 0.2) is 46.8 Å². The van der Waals surface area contributed by atoms with Gasteiger partial charge >= 0.3 is 11.9 Å². The number of nitro benzene ring substituents is 1. The average molecular weight is 462 g/mol. The van der Waals surface area contributed by atoms with Crippen molar-refractivity contribution in [2.24, 2.45) is 0 Å². The van der Waals surface area contributed by atoms with Crippen molar-refractivity contribution < 1.29 is 34.1 Å². The maximum absolute atomic E-state index is 13.0. The third-order valence-corrected chi connectivity index (χ3v) is 5.08. The van der Waals surface area contributed by atoms with Gasteiger partial charge in [0.2, 0.25) is 0 Å². The maximum atomic E-state index is 13.0. The van der Waals surface area contributed by atoms with Gasteiger partial charge in [-0.25, -0.2) is 9.59 Å². The minimum atomic E-state index is -1.13. The summed E-state index contributed by atoms with van der Waals surface area (Å²) in [6.45, 7) is 7.56. The minimum absolute atomic E-state index is 0.00640. The number of unbranched alkanes of at least 4 members (excludes halogenated alkanes) is 2. The van der Waals surface area contributed by atoms with Gasteiger partial charge in [0.15, 0.2) is 0 Å². The molecule has 2 rings (SSSR count). The van der Waals surface area contributed by atoms with E-state index in [0.717, 1.165) is 12.8 Å². The number of rotatable bonds is 12. The molecule has 0 amide bonds. The van der Waals surface area contributed by atoms with Crippen molar-refractivity contribution >= 4 is 17.6 Å². The zero-order chi connectivity index (χ0) is 24.4. The summed E-state index contributed by atoms with van der Waals surface area (Å²) in [5, 5.41) is 14.7. The molecule has 0 saturated heterocycles. The highest BCUT2D eigenvalue weighted by Crippen LogP contribution is 2.42. The van der Waals surface area contributed by atoms with Crippen LogP contribution >= 0.6 is 0 Å². The molecule has 10 heteroatoms. The van der Waals surface area contributed by atoms with Crippen molar-refractivity contribution in [2.75, 3.05) is 13.2 Å². The van der Waals surface area contributed by atoms with Gasteiger partial charge < -0.3 is 5.32 Å². The first kappa shape index (κ1) is 26.0. The molecule has 0 aromatic heterocycles. The Labute approximate surface area is 192 Å². The zero-order valence-corrected chi connectivity index (χ0v) is 19.3. The van der Waals surface area contributed by atoms with Crippen LogP contribution in [-0.4, -0.2) is 30.1 Å². The number of allylic oxidation sites excluding steroid dienone is 2. The molecule has 0 radical (unpaired) electrons. The van der Waals surface area contributed by atoms with Crippen molar-refractivity contribution in [3.63, 3.8) is 0 Å². The Morgan fingerprint density at radius 2 is 1.42 bits per heavy atom. The molecule has 1 N–H and O–H groups in total. The van der Waals surface area contributed by atoms with Crippen molar-refractivity contribution in [3.05, 3.63) is 62.5 Å². The number of nitro groups is 1. The predicted molar refractivity (Wildman–Crippen MR) is 118 cm³/mol. The van der Waals surface area contributed by atoms with E-state index in [1.54, 1.807) is 19.9 Å². The molecule has 0 aliphatic carbocycles. The number of benzene rings is 1. The zero-order valence-electron chi connectivity index (χ0n) is 19.3. The lowest BCUT2D eigenvalue weighted by molar-refractivity contribution is -0.385. The fourth-order valence-electron chi connectivity index (χ4n) is 3.43. The van der Waals surface area contributed by atoms with Crippen LogP contribution in [0.4, 0.5) is 5.69 Å². The first-order valence-electron chi connectivity index (χ1n) is 10.9. The van der Waals surface area contributed by atoms with E-state index in [0.29, 0.717) is 24.2 Å². The number of carbonyl (C=O) groups is 2. The molecular formula is C23H30N2O8. The van der Waals surface area contributed by atoms with Crippen molar-refractivity contribution in [3.8, 4) is 0 Å². The van der Waals surface area contributed by atoms with Gasteiger partial charge in [0.05, 0.1) is 35.2 Å². The first-order valence-corrected chi connectivity index (χ1v) is 10.9. The Morgan fingerprint density at radius 3 is 1.88 bits per heavy atom. The summed E-state index contributed by atoms with van der Waals surface area (Å²) >= 11 is 0. The van der Waals surface area contributed by atoms with Crippen LogP contribution < -0.4 is 5.32 Å². The summed E-state index contributed by atoms with van der Waals surface area (Å²) in [7, 11) is 0. The largest absolute Gasteiger partial charge is 0.371 e. The highest BCUT2D eigenvalue weighted by molar-refractivity contribution is 5.99. The lowest BCUT2D eigenvalue weighted by Crippen LogP contribution is -2.33. The molecule has 0 unspecified atom stereocenters. The Bertz CT molecular complexity index is 892. The van der Waals surface area contributed by atoms with Crippen molar-refractivity contribution in [1.29, 1.82) is 0 Å². The molecule has 1 aliphatic heterocycles. The van der Waals surface area contributed by atoms with E-state index in [4.69, 9.17) is 19.6 Å². The van der Waals surface area contributed by atoms with Gasteiger partial charge in [0, 0.05) is 23.0 Å². The summed E-state index contributed by atoms with van der Waals surface area (Å²) in [6, 6.07) is 5.90. The Balaban J connectivity index is 2.50. The number of carbonyl (C=O) groups excluding carboxylic acids is 2. The highest BCUT2D eigenvalue weighted by Gasteiger charge is 2.41. The van der Waals surface area contributed by atoms with Gasteiger partial charge in [0.1, 0.15) is 0 Å². The average Bonchev–Trinajstić information content (AvgIpc) is 2.78. The molecule has 0 saturated carbocycles. The van der Waals surface area contributed by atoms with Crippen molar-refractivity contribution in [1.82, 2.24) is 5.32 Å². The van der Waals surface area contributed by atoms with Gasteiger partial charge in [-0.1, -0.05) is 44.9 Å². The third kappa shape index (κ3) is 6.62. The molecular weight excluding hydrogens is 432 g/mol. The predicted octanol–water partition coefficient (Wildman–Crippen LogP) is 4.38. The quantitative estimate of drug-likeness (QED) is 0.208. The Hall–Kier alpha value is -3.24. The molecule has 1 aromatic rings. The molecule has 1 heterocycles. The lowest BCUT2D eigenvalue weighted by Gasteiger charge is -2.29. The van der Waals surface area contributed by atoms with Gasteiger partial charge in [-0.15, -0.1) is 0 Å². The van der Waals surface area contributed by atoms with Crippen LogP contribution in [-0.2, 0) is 29.1 Å². The van der Waals surface area contributed by atoms with Crippen LogP contribution in [0.25, 0.3) is 0 Å². The molecule has 1 aliphatic rings. The van der Waals surface area contributed by atoms with E-state index in [9.17, 15) is 19.7 Å². The second-order valence-corrected chi connectivity index (χ2v) is 7.54. The fraction of sp³-hybridized carbons (Fsp3) is 0.478. The number of hydrogen-bond acceptors (Lipinski definition) is 9. The number of nitrogens with one attached hydrogen (secondary N) is 1. The smallest absolute Gasteiger partial charge is 0.362 e. The normalized spacial score (nSPS) is 14.2. The van der Waals surface area contributed by atoms with Gasteiger partial charge in [-0.3, -0.25) is 19.9 Å².